The van der Waals surface area contributed by atoms with Crippen LogP contribution in [0.25, 0.3) is 11.0 Å². The summed E-state index contributed by atoms with van der Waals surface area (Å²) in [4.78, 5) is 13.3. The molecule has 0 amide bonds. The highest BCUT2D eigenvalue weighted by atomic mass is 127. The van der Waals surface area contributed by atoms with Crippen LogP contribution in [0.1, 0.15) is 24.5 Å². The second kappa shape index (κ2) is 10.7. The van der Waals surface area contributed by atoms with Gasteiger partial charge in [-0.25, -0.2) is 14.6 Å². The van der Waals surface area contributed by atoms with Gasteiger partial charge >= 0.3 is 0 Å². The summed E-state index contributed by atoms with van der Waals surface area (Å²) in [6, 6.07) is 8.49. The fourth-order valence-electron chi connectivity index (χ4n) is 3.70. The largest absolute Gasteiger partial charge is 0.377 e. The van der Waals surface area contributed by atoms with Gasteiger partial charge in [0.2, 0.25) is 0 Å². The molecule has 4 rings (SSSR count). The van der Waals surface area contributed by atoms with Crippen molar-refractivity contribution in [3.8, 4) is 0 Å². The molecule has 1 unspecified atom stereocenters. The molecule has 0 saturated carbocycles. The summed E-state index contributed by atoms with van der Waals surface area (Å²) >= 11 is 0. The van der Waals surface area contributed by atoms with Crippen LogP contribution in [-0.4, -0.2) is 57.0 Å². The molecular formula is C20H29IN8O. The van der Waals surface area contributed by atoms with Crippen molar-refractivity contribution in [3.05, 3.63) is 42.2 Å². The number of hydrogen-bond donors (Lipinski definition) is 2. The lowest BCUT2D eigenvalue weighted by atomic mass is 10.1. The molecule has 2 aromatic heterocycles. The van der Waals surface area contributed by atoms with E-state index in [0.29, 0.717) is 6.61 Å². The third-order valence-electron chi connectivity index (χ3n) is 5.14. The van der Waals surface area contributed by atoms with E-state index in [1.807, 2.05) is 29.2 Å². The van der Waals surface area contributed by atoms with E-state index in [1.54, 1.807) is 14.2 Å². The minimum Gasteiger partial charge on any atom is -0.377 e. The SMILES string of the molecule is CN=C(NCCCn1cnc2ccccc21)NC1CCc2nc(COC)nn2C1.I. The van der Waals surface area contributed by atoms with E-state index in [1.165, 1.54) is 5.52 Å². The molecule has 1 atom stereocenters. The zero-order valence-corrected chi connectivity index (χ0v) is 19.7. The summed E-state index contributed by atoms with van der Waals surface area (Å²) in [5.41, 5.74) is 2.21. The van der Waals surface area contributed by atoms with Crippen molar-refractivity contribution in [2.75, 3.05) is 20.7 Å². The number of aliphatic imine (C=N–C) groups is 1. The molecule has 9 nitrogen and oxygen atoms in total. The van der Waals surface area contributed by atoms with Gasteiger partial charge in [-0.1, -0.05) is 12.1 Å². The van der Waals surface area contributed by atoms with Gasteiger partial charge in [-0.05, 0) is 25.0 Å². The maximum Gasteiger partial charge on any atom is 0.191 e. The van der Waals surface area contributed by atoms with E-state index >= 15 is 0 Å². The number of para-hydroxylation sites is 2. The zero-order valence-electron chi connectivity index (χ0n) is 17.4. The van der Waals surface area contributed by atoms with Gasteiger partial charge in [-0.15, -0.1) is 24.0 Å². The molecule has 0 aliphatic carbocycles. The highest BCUT2D eigenvalue weighted by molar-refractivity contribution is 14.0. The van der Waals surface area contributed by atoms with Gasteiger partial charge < -0.3 is 19.9 Å². The number of imidazole rings is 1. The second-order valence-electron chi connectivity index (χ2n) is 7.22. The molecular weight excluding hydrogens is 495 g/mol. The van der Waals surface area contributed by atoms with Gasteiger partial charge in [-0.2, -0.15) is 5.10 Å². The summed E-state index contributed by atoms with van der Waals surface area (Å²) < 4.78 is 9.30. The summed E-state index contributed by atoms with van der Waals surface area (Å²) in [6.45, 7) is 2.99. The number of guanidine groups is 1. The quantitative estimate of drug-likeness (QED) is 0.213. The van der Waals surface area contributed by atoms with E-state index < -0.39 is 0 Å². The fraction of sp³-hybridized carbons (Fsp3) is 0.500. The number of ether oxygens (including phenoxy) is 1. The fourth-order valence-corrected chi connectivity index (χ4v) is 3.70. The van der Waals surface area contributed by atoms with Gasteiger partial charge in [0.15, 0.2) is 11.8 Å². The van der Waals surface area contributed by atoms with Crippen LogP contribution in [0.5, 0.6) is 0 Å². The monoisotopic (exact) mass is 524 g/mol. The van der Waals surface area contributed by atoms with Crippen molar-refractivity contribution >= 4 is 41.0 Å². The number of nitrogens with one attached hydrogen (secondary N) is 2. The number of fused-ring (bicyclic) bond motifs is 2. The summed E-state index contributed by atoms with van der Waals surface area (Å²) in [5.74, 6) is 2.61. The Hall–Kier alpha value is -2.21. The number of benzene rings is 1. The van der Waals surface area contributed by atoms with Crippen LogP contribution in [0, 0.1) is 0 Å². The summed E-state index contributed by atoms with van der Waals surface area (Å²) in [7, 11) is 3.47. The van der Waals surface area contributed by atoms with Crippen molar-refractivity contribution < 1.29 is 4.74 Å². The Morgan fingerprint density at radius 1 is 1.33 bits per heavy atom. The lowest BCUT2D eigenvalue weighted by molar-refractivity contribution is 0.177. The maximum atomic E-state index is 5.13. The molecule has 10 heteroatoms. The first kappa shape index (κ1) is 22.5. The molecule has 162 valence electrons. The molecule has 0 bridgehead atoms. The maximum absolute atomic E-state index is 5.13. The molecule has 3 heterocycles. The number of aromatic nitrogens is 5. The Morgan fingerprint density at radius 2 is 2.20 bits per heavy atom. The van der Waals surface area contributed by atoms with Crippen LogP contribution in [0.3, 0.4) is 0 Å². The molecule has 2 N–H and O–H groups in total. The molecule has 3 aromatic rings. The minimum absolute atomic E-state index is 0. The van der Waals surface area contributed by atoms with Crippen LogP contribution in [0.15, 0.2) is 35.6 Å². The third kappa shape index (κ3) is 5.28. The first-order valence-electron chi connectivity index (χ1n) is 10.1. The van der Waals surface area contributed by atoms with Crippen LogP contribution < -0.4 is 10.6 Å². The third-order valence-corrected chi connectivity index (χ3v) is 5.14. The highest BCUT2D eigenvalue weighted by Gasteiger charge is 2.22. The predicted molar refractivity (Wildman–Crippen MR) is 127 cm³/mol. The molecule has 0 spiro atoms. The van der Waals surface area contributed by atoms with Crippen LogP contribution >= 0.6 is 24.0 Å². The van der Waals surface area contributed by atoms with E-state index in [0.717, 1.165) is 62.0 Å². The van der Waals surface area contributed by atoms with Gasteiger partial charge in [0.1, 0.15) is 12.4 Å². The van der Waals surface area contributed by atoms with E-state index in [2.05, 4.69) is 41.3 Å². The lowest BCUT2D eigenvalue weighted by Crippen LogP contribution is -2.47. The van der Waals surface area contributed by atoms with Gasteiger partial charge in [-0.3, -0.25) is 4.99 Å². The van der Waals surface area contributed by atoms with Crippen LogP contribution in [-0.2, 0) is 30.9 Å². The van der Waals surface area contributed by atoms with Crippen molar-refractivity contribution in [2.45, 2.75) is 45.0 Å². The Labute approximate surface area is 193 Å². The number of rotatable bonds is 7. The van der Waals surface area contributed by atoms with Crippen LogP contribution in [0.2, 0.25) is 0 Å². The van der Waals surface area contributed by atoms with Crippen molar-refractivity contribution in [3.63, 3.8) is 0 Å². The smallest absolute Gasteiger partial charge is 0.191 e. The number of hydrogen-bond acceptors (Lipinski definition) is 5. The summed E-state index contributed by atoms with van der Waals surface area (Å²) in [6.07, 6.45) is 4.80. The number of methoxy groups -OCH3 is 1. The normalized spacial score (nSPS) is 16.2. The molecule has 0 fully saturated rings. The Kier molecular flexibility index (Phi) is 8.02. The molecule has 0 radical (unpaired) electrons. The molecule has 1 aliphatic rings. The zero-order chi connectivity index (χ0) is 20.1. The van der Waals surface area contributed by atoms with Gasteiger partial charge in [0.25, 0.3) is 0 Å². The molecule has 1 aromatic carbocycles. The average molecular weight is 524 g/mol. The van der Waals surface area contributed by atoms with Gasteiger partial charge in [0, 0.05) is 39.7 Å². The topological polar surface area (TPSA) is 94.2 Å². The number of halogens is 1. The van der Waals surface area contributed by atoms with Gasteiger partial charge in [0.05, 0.1) is 23.9 Å². The van der Waals surface area contributed by atoms with Crippen molar-refractivity contribution in [2.24, 2.45) is 4.99 Å². The Bertz CT molecular complexity index is 982. The first-order chi connectivity index (χ1) is 14.3. The first-order valence-corrected chi connectivity index (χ1v) is 10.1. The molecule has 30 heavy (non-hydrogen) atoms. The van der Waals surface area contributed by atoms with Crippen LogP contribution in [0.4, 0.5) is 0 Å². The van der Waals surface area contributed by atoms with E-state index in [4.69, 9.17) is 4.74 Å². The Balaban J connectivity index is 0.00000256. The highest BCUT2D eigenvalue weighted by Crippen LogP contribution is 2.14. The number of nitrogens with zero attached hydrogens (tertiary/aromatic N) is 6. The predicted octanol–water partition coefficient (Wildman–Crippen LogP) is 1.96. The number of aryl methyl sites for hydroxylation is 2. The standard InChI is InChI=1S/C20H28N8O.HI/c1-21-20(22-10-5-11-27-14-23-16-6-3-4-7-17(16)27)24-15-8-9-19-25-18(13-29-2)26-28(19)12-15;/h3-4,6-7,14-15H,5,8-13H2,1-2H3,(H2,21,22,24);1H. The van der Waals surface area contributed by atoms with E-state index in [-0.39, 0.29) is 30.0 Å². The lowest BCUT2D eigenvalue weighted by Gasteiger charge is -2.25. The molecule has 0 saturated heterocycles. The second-order valence-corrected chi connectivity index (χ2v) is 7.22. The minimum atomic E-state index is 0. The average Bonchev–Trinajstić information content (AvgIpc) is 3.33. The summed E-state index contributed by atoms with van der Waals surface area (Å²) in [5, 5.41) is 11.5. The van der Waals surface area contributed by atoms with Crippen molar-refractivity contribution in [1.29, 1.82) is 0 Å². The Morgan fingerprint density at radius 3 is 3.03 bits per heavy atom. The van der Waals surface area contributed by atoms with E-state index in [9.17, 15) is 0 Å². The van der Waals surface area contributed by atoms with Crippen molar-refractivity contribution in [1.82, 2.24) is 34.9 Å². The molecule has 1 aliphatic heterocycles.